The average molecular weight is 346 g/mol. The molecule has 1 heteroatoms. The monoisotopic (exact) mass is 345 g/mol. The van der Waals surface area contributed by atoms with Crippen LogP contribution in [0.3, 0.4) is 0 Å². The second-order valence-corrected chi connectivity index (χ2v) is 7.20. The first-order valence-electron chi connectivity index (χ1n) is 10.1. The Labute approximate surface area is 158 Å². The van der Waals surface area contributed by atoms with Gasteiger partial charge in [0, 0.05) is 17.8 Å². The lowest BCUT2D eigenvalue weighted by Gasteiger charge is -2.14. The molecule has 3 aromatic rings. The van der Waals surface area contributed by atoms with Crippen LogP contribution in [-0.4, -0.2) is 4.57 Å². The van der Waals surface area contributed by atoms with Gasteiger partial charge in [-0.15, -0.1) is 0 Å². The normalized spacial score (nSPS) is 11.0. The SMILES string of the molecule is CCCCCCCCn1c(C)cc(-c2ccccc2)c1-c1ccccc1. The van der Waals surface area contributed by atoms with E-state index in [4.69, 9.17) is 0 Å². The van der Waals surface area contributed by atoms with Crippen molar-refractivity contribution in [2.45, 2.75) is 58.9 Å². The summed E-state index contributed by atoms with van der Waals surface area (Å²) in [4.78, 5) is 0. The van der Waals surface area contributed by atoms with Gasteiger partial charge < -0.3 is 4.57 Å². The maximum atomic E-state index is 2.53. The number of nitrogens with zero attached hydrogens (tertiary/aromatic N) is 1. The van der Waals surface area contributed by atoms with E-state index >= 15 is 0 Å². The number of aromatic nitrogens is 1. The van der Waals surface area contributed by atoms with Crippen LogP contribution in [0.4, 0.5) is 0 Å². The molecule has 0 saturated carbocycles. The molecule has 0 aliphatic carbocycles. The van der Waals surface area contributed by atoms with Gasteiger partial charge in [0.25, 0.3) is 0 Å². The van der Waals surface area contributed by atoms with E-state index in [0.29, 0.717) is 0 Å². The number of hydrogen-bond acceptors (Lipinski definition) is 0. The summed E-state index contributed by atoms with van der Waals surface area (Å²) in [6.07, 6.45) is 8.01. The van der Waals surface area contributed by atoms with Gasteiger partial charge in [-0.25, -0.2) is 0 Å². The Balaban J connectivity index is 1.87. The molecule has 0 aliphatic heterocycles. The maximum Gasteiger partial charge on any atom is 0.0562 e. The third kappa shape index (κ3) is 4.46. The zero-order valence-corrected chi connectivity index (χ0v) is 16.2. The van der Waals surface area contributed by atoms with Gasteiger partial charge >= 0.3 is 0 Å². The Morgan fingerprint density at radius 1 is 0.692 bits per heavy atom. The third-order valence-electron chi connectivity index (χ3n) is 5.17. The second kappa shape index (κ2) is 9.43. The first-order valence-corrected chi connectivity index (χ1v) is 10.1. The van der Waals surface area contributed by atoms with Crippen LogP contribution in [0.5, 0.6) is 0 Å². The Kier molecular flexibility index (Phi) is 6.71. The van der Waals surface area contributed by atoms with Crippen molar-refractivity contribution in [3.05, 3.63) is 72.4 Å². The molecule has 26 heavy (non-hydrogen) atoms. The van der Waals surface area contributed by atoms with Crippen LogP contribution in [0, 0.1) is 6.92 Å². The Bertz CT molecular complexity index is 784. The third-order valence-corrected chi connectivity index (χ3v) is 5.17. The van der Waals surface area contributed by atoms with E-state index < -0.39 is 0 Å². The van der Waals surface area contributed by atoms with E-state index in [2.05, 4.69) is 85.1 Å². The number of hydrogen-bond donors (Lipinski definition) is 0. The van der Waals surface area contributed by atoms with Gasteiger partial charge in [-0.2, -0.15) is 0 Å². The van der Waals surface area contributed by atoms with E-state index in [-0.39, 0.29) is 0 Å². The van der Waals surface area contributed by atoms with Crippen molar-refractivity contribution in [3.63, 3.8) is 0 Å². The molecule has 0 N–H and O–H groups in total. The number of aryl methyl sites for hydroxylation is 1. The van der Waals surface area contributed by atoms with Gasteiger partial charge in [0.05, 0.1) is 5.69 Å². The standard InChI is InChI=1S/C25H31N/c1-3-4-5-6-7-14-19-26-21(2)20-24(22-15-10-8-11-16-22)25(26)23-17-12-9-13-18-23/h8-13,15-18,20H,3-7,14,19H2,1-2H3. The first kappa shape index (κ1) is 18.5. The summed E-state index contributed by atoms with van der Waals surface area (Å²) in [5.74, 6) is 0. The smallest absolute Gasteiger partial charge is 0.0562 e. The van der Waals surface area contributed by atoms with Gasteiger partial charge in [0.2, 0.25) is 0 Å². The minimum atomic E-state index is 1.11. The fourth-order valence-corrected chi connectivity index (χ4v) is 3.76. The Hall–Kier alpha value is -2.28. The second-order valence-electron chi connectivity index (χ2n) is 7.20. The molecule has 0 atom stereocenters. The van der Waals surface area contributed by atoms with E-state index in [0.717, 1.165) is 6.54 Å². The molecule has 0 unspecified atom stereocenters. The summed E-state index contributed by atoms with van der Waals surface area (Å²) >= 11 is 0. The fourth-order valence-electron chi connectivity index (χ4n) is 3.76. The average Bonchev–Trinajstić information content (AvgIpc) is 3.02. The first-order chi connectivity index (χ1) is 12.8. The van der Waals surface area contributed by atoms with Crippen LogP contribution >= 0.6 is 0 Å². The predicted molar refractivity (Wildman–Crippen MR) is 113 cm³/mol. The number of unbranched alkanes of at least 4 members (excludes halogenated alkanes) is 5. The van der Waals surface area contributed by atoms with Crippen LogP contribution in [-0.2, 0) is 6.54 Å². The summed E-state index contributed by atoms with van der Waals surface area (Å²) in [7, 11) is 0. The minimum absolute atomic E-state index is 1.11. The molecule has 0 spiro atoms. The summed E-state index contributed by atoms with van der Waals surface area (Å²) in [5.41, 5.74) is 6.68. The molecule has 0 amide bonds. The largest absolute Gasteiger partial charge is 0.344 e. The molecular formula is C25H31N. The molecule has 0 bridgehead atoms. The van der Waals surface area contributed by atoms with E-state index in [1.807, 2.05) is 0 Å². The summed E-state index contributed by atoms with van der Waals surface area (Å²) < 4.78 is 2.53. The van der Waals surface area contributed by atoms with Crippen molar-refractivity contribution in [1.29, 1.82) is 0 Å². The highest BCUT2D eigenvalue weighted by Gasteiger charge is 2.15. The maximum absolute atomic E-state index is 2.53. The highest BCUT2D eigenvalue weighted by molar-refractivity contribution is 5.82. The van der Waals surface area contributed by atoms with Crippen LogP contribution in [0.2, 0.25) is 0 Å². The van der Waals surface area contributed by atoms with E-state index in [1.54, 1.807) is 0 Å². The lowest BCUT2D eigenvalue weighted by molar-refractivity contribution is 0.556. The molecule has 0 saturated heterocycles. The van der Waals surface area contributed by atoms with Gasteiger partial charge in [0.15, 0.2) is 0 Å². The fraction of sp³-hybridized carbons (Fsp3) is 0.360. The van der Waals surface area contributed by atoms with Crippen molar-refractivity contribution < 1.29 is 0 Å². The van der Waals surface area contributed by atoms with E-state index in [1.165, 1.54) is 66.6 Å². The van der Waals surface area contributed by atoms with Crippen molar-refractivity contribution in [1.82, 2.24) is 4.57 Å². The topological polar surface area (TPSA) is 4.93 Å². The molecule has 1 heterocycles. The van der Waals surface area contributed by atoms with Crippen molar-refractivity contribution in [2.75, 3.05) is 0 Å². The van der Waals surface area contributed by atoms with Crippen molar-refractivity contribution >= 4 is 0 Å². The predicted octanol–water partition coefficient (Wildman–Crippen LogP) is 7.49. The Morgan fingerprint density at radius 2 is 1.27 bits per heavy atom. The highest BCUT2D eigenvalue weighted by atomic mass is 15.0. The molecule has 1 aromatic heterocycles. The zero-order valence-electron chi connectivity index (χ0n) is 16.2. The van der Waals surface area contributed by atoms with Gasteiger partial charge in [-0.05, 0) is 30.5 Å². The summed E-state index contributed by atoms with van der Waals surface area (Å²) in [5, 5.41) is 0. The Morgan fingerprint density at radius 3 is 1.92 bits per heavy atom. The molecule has 0 aliphatic rings. The van der Waals surface area contributed by atoms with Crippen LogP contribution in [0.15, 0.2) is 66.7 Å². The molecule has 0 fully saturated rings. The lowest BCUT2D eigenvalue weighted by atomic mass is 10.0. The van der Waals surface area contributed by atoms with Crippen molar-refractivity contribution in [3.8, 4) is 22.4 Å². The zero-order chi connectivity index (χ0) is 18.2. The van der Waals surface area contributed by atoms with Crippen LogP contribution < -0.4 is 0 Å². The van der Waals surface area contributed by atoms with E-state index in [9.17, 15) is 0 Å². The number of benzene rings is 2. The molecule has 3 rings (SSSR count). The van der Waals surface area contributed by atoms with Gasteiger partial charge in [0.1, 0.15) is 0 Å². The van der Waals surface area contributed by atoms with Crippen molar-refractivity contribution in [2.24, 2.45) is 0 Å². The molecular weight excluding hydrogens is 314 g/mol. The summed E-state index contributed by atoms with van der Waals surface area (Å²) in [6, 6.07) is 24.0. The molecule has 2 aromatic carbocycles. The van der Waals surface area contributed by atoms with Crippen LogP contribution in [0.25, 0.3) is 22.4 Å². The van der Waals surface area contributed by atoms with Crippen LogP contribution in [0.1, 0.15) is 51.1 Å². The number of rotatable bonds is 9. The minimum Gasteiger partial charge on any atom is -0.344 e. The van der Waals surface area contributed by atoms with Gasteiger partial charge in [-0.1, -0.05) is 99.7 Å². The molecule has 136 valence electrons. The highest BCUT2D eigenvalue weighted by Crippen LogP contribution is 2.35. The lowest BCUT2D eigenvalue weighted by Crippen LogP contribution is -2.03. The molecule has 0 radical (unpaired) electrons. The molecule has 1 nitrogen and oxygen atoms in total. The van der Waals surface area contributed by atoms with Gasteiger partial charge in [-0.3, -0.25) is 0 Å². The summed E-state index contributed by atoms with van der Waals surface area (Å²) in [6.45, 7) is 5.63. The quantitative estimate of drug-likeness (QED) is 0.354.